The standard InChI is InChI=1S/C15H21NO6/c1-8-5-3-4-6-10(8)21-15-12(16-9(2)18)14(20)13(19)11(7-17)22-15/h3-6,11-15,17,19-20H,7H2,1-2H3,(H,16,18)/t11-,12-,13+,14-,15+/m1/s1. The van der Waals surface area contributed by atoms with Crippen LogP contribution in [-0.4, -0.2) is 58.5 Å². The smallest absolute Gasteiger partial charge is 0.223 e. The van der Waals surface area contributed by atoms with E-state index >= 15 is 0 Å². The van der Waals surface area contributed by atoms with Gasteiger partial charge >= 0.3 is 0 Å². The van der Waals surface area contributed by atoms with Crippen LogP contribution < -0.4 is 10.1 Å². The van der Waals surface area contributed by atoms with Gasteiger partial charge in [0.2, 0.25) is 12.2 Å². The summed E-state index contributed by atoms with van der Waals surface area (Å²) in [5.74, 6) is 0.142. The van der Waals surface area contributed by atoms with Gasteiger partial charge in [-0.3, -0.25) is 4.79 Å². The predicted molar refractivity (Wildman–Crippen MR) is 77.2 cm³/mol. The third-order valence-electron chi connectivity index (χ3n) is 3.59. The molecule has 0 unspecified atom stereocenters. The summed E-state index contributed by atoms with van der Waals surface area (Å²) in [4.78, 5) is 11.3. The molecule has 1 amide bonds. The Morgan fingerprint density at radius 1 is 1.32 bits per heavy atom. The minimum atomic E-state index is -1.32. The number of aliphatic hydroxyl groups is 3. The number of rotatable bonds is 4. The average molecular weight is 311 g/mol. The summed E-state index contributed by atoms with van der Waals surface area (Å²) in [5.41, 5.74) is 0.855. The molecule has 1 aliphatic rings. The van der Waals surface area contributed by atoms with E-state index in [9.17, 15) is 20.1 Å². The van der Waals surface area contributed by atoms with Gasteiger partial charge in [-0.25, -0.2) is 0 Å². The third kappa shape index (κ3) is 3.56. The Bertz CT molecular complexity index is 523. The molecule has 0 radical (unpaired) electrons. The molecule has 0 bridgehead atoms. The molecule has 22 heavy (non-hydrogen) atoms. The number of benzene rings is 1. The first kappa shape index (κ1) is 16.7. The number of carbonyl (C=O) groups is 1. The van der Waals surface area contributed by atoms with E-state index in [1.807, 2.05) is 19.1 Å². The minimum absolute atomic E-state index is 0.388. The number of nitrogens with one attached hydrogen (secondary N) is 1. The molecule has 0 saturated carbocycles. The lowest BCUT2D eigenvalue weighted by Gasteiger charge is -2.42. The van der Waals surface area contributed by atoms with Gasteiger partial charge in [-0.2, -0.15) is 0 Å². The Balaban J connectivity index is 2.23. The molecular formula is C15H21NO6. The molecule has 1 aromatic rings. The van der Waals surface area contributed by atoms with Crippen molar-refractivity contribution in [1.82, 2.24) is 5.32 Å². The zero-order valence-electron chi connectivity index (χ0n) is 12.5. The summed E-state index contributed by atoms with van der Waals surface area (Å²) in [6, 6.07) is 6.27. The molecule has 4 N–H and O–H groups in total. The van der Waals surface area contributed by atoms with Gasteiger partial charge in [0, 0.05) is 6.92 Å². The largest absolute Gasteiger partial charge is 0.462 e. The van der Waals surface area contributed by atoms with E-state index in [1.54, 1.807) is 12.1 Å². The van der Waals surface area contributed by atoms with E-state index in [0.717, 1.165) is 5.56 Å². The average Bonchev–Trinajstić information content (AvgIpc) is 2.48. The molecule has 7 nitrogen and oxygen atoms in total. The van der Waals surface area contributed by atoms with Crippen LogP contribution in [0.1, 0.15) is 12.5 Å². The van der Waals surface area contributed by atoms with Gasteiger partial charge in [-0.15, -0.1) is 0 Å². The second-order valence-electron chi connectivity index (χ2n) is 5.32. The van der Waals surface area contributed by atoms with Gasteiger partial charge in [0.15, 0.2) is 0 Å². The van der Waals surface area contributed by atoms with Crippen molar-refractivity contribution in [3.63, 3.8) is 0 Å². The van der Waals surface area contributed by atoms with Crippen molar-refractivity contribution in [2.24, 2.45) is 0 Å². The normalized spacial score (nSPS) is 31.6. The van der Waals surface area contributed by atoms with Crippen LogP contribution in [0.4, 0.5) is 0 Å². The molecule has 0 spiro atoms. The molecule has 1 aromatic carbocycles. The Morgan fingerprint density at radius 2 is 2.00 bits per heavy atom. The number of hydrogen-bond acceptors (Lipinski definition) is 6. The van der Waals surface area contributed by atoms with Crippen molar-refractivity contribution < 1.29 is 29.6 Å². The molecule has 122 valence electrons. The Morgan fingerprint density at radius 3 is 2.59 bits per heavy atom. The highest BCUT2D eigenvalue weighted by atomic mass is 16.7. The van der Waals surface area contributed by atoms with Gasteiger partial charge in [0.05, 0.1) is 6.61 Å². The third-order valence-corrected chi connectivity index (χ3v) is 3.59. The molecule has 0 aromatic heterocycles. The Hall–Kier alpha value is -1.67. The molecule has 5 atom stereocenters. The molecule has 1 saturated heterocycles. The number of para-hydroxylation sites is 1. The summed E-state index contributed by atoms with van der Waals surface area (Å²) in [6.45, 7) is 2.67. The summed E-state index contributed by atoms with van der Waals surface area (Å²) < 4.78 is 11.2. The molecule has 2 rings (SSSR count). The lowest BCUT2D eigenvalue weighted by molar-refractivity contribution is -0.244. The maximum atomic E-state index is 11.3. The Labute approximate surface area is 128 Å². The predicted octanol–water partition coefficient (Wildman–Crippen LogP) is -0.682. The van der Waals surface area contributed by atoms with Crippen LogP contribution in [0, 0.1) is 6.92 Å². The van der Waals surface area contributed by atoms with E-state index in [-0.39, 0.29) is 5.91 Å². The second-order valence-corrected chi connectivity index (χ2v) is 5.32. The summed E-state index contributed by atoms with van der Waals surface area (Å²) in [6.07, 6.45) is -4.66. The van der Waals surface area contributed by atoms with Gasteiger partial charge < -0.3 is 30.1 Å². The summed E-state index contributed by atoms with van der Waals surface area (Å²) in [5, 5.41) is 31.8. The maximum Gasteiger partial charge on any atom is 0.223 e. The minimum Gasteiger partial charge on any atom is -0.462 e. The van der Waals surface area contributed by atoms with Crippen molar-refractivity contribution in [1.29, 1.82) is 0 Å². The fourth-order valence-electron chi connectivity index (χ4n) is 2.38. The van der Waals surface area contributed by atoms with Crippen molar-refractivity contribution in [2.45, 2.75) is 44.5 Å². The lowest BCUT2D eigenvalue weighted by atomic mass is 9.97. The topological polar surface area (TPSA) is 108 Å². The highest BCUT2D eigenvalue weighted by Crippen LogP contribution is 2.26. The van der Waals surface area contributed by atoms with Crippen LogP contribution in [0.5, 0.6) is 5.75 Å². The van der Waals surface area contributed by atoms with Crippen LogP contribution in [0.15, 0.2) is 24.3 Å². The fourth-order valence-corrected chi connectivity index (χ4v) is 2.38. The highest BCUT2D eigenvalue weighted by Gasteiger charge is 2.46. The van der Waals surface area contributed by atoms with Gasteiger partial charge in [-0.05, 0) is 18.6 Å². The maximum absolute atomic E-state index is 11.3. The van der Waals surface area contributed by atoms with Crippen LogP contribution in [-0.2, 0) is 9.53 Å². The quantitative estimate of drug-likeness (QED) is 0.587. The zero-order valence-corrected chi connectivity index (χ0v) is 12.5. The first-order chi connectivity index (χ1) is 10.4. The van der Waals surface area contributed by atoms with Crippen LogP contribution >= 0.6 is 0 Å². The van der Waals surface area contributed by atoms with Crippen molar-refractivity contribution in [3.8, 4) is 5.75 Å². The van der Waals surface area contributed by atoms with Crippen LogP contribution in [0.25, 0.3) is 0 Å². The van der Waals surface area contributed by atoms with Gasteiger partial charge in [0.25, 0.3) is 0 Å². The molecule has 1 aliphatic heterocycles. The van der Waals surface area contributed by atoms with E-state index in [1.165, 1.54) is 6.92 Å². The van der Waals surface area contributed by atoms with E-state index in [4.69, 9.17) is 9.47 Å². The van der Waals surface area contributed by atoms with Gasteiger partial charge in [0.1, 0.15) is 30.1 Å². The molecule has 0 aliphatic carbocycles. The molecule has 7 heteroatoms. The van der Waals surface area contributed by atoms with E-state index in [0.29, 0.717) is 5.75 Å². The van der Waals surface area contributed by atoms with E-state index < -0.39 is 37.3 Å². The van der Waals surface area contributed by atoms with Crippen LogP contribution in [0.3, 0.4) is 0 Å². The molecular weight excluding hydrogens is 290 g/mol. The Kier molecular flexibility index (Phi) is 5.36. The lowest BCUT2D eigenvalue weighted by Crippen LogP contribution is -2.65. The summed E-state index contributed by atoms with van der Waals surface area (Å²) >= 11 is 0. The second kappa shape index (κ2) is 7.06. The first-order valence-electron chi connectivity index (χ1n) is 7.06. The van der Waals surface area contributed by atoms with E-state index in [2.05, 4.69) is 5.32 Å². The monoisotopic (exact) mass is 311 g/mol. The van der Waals surface area contributed by atoms with Crippen molar-refractivity contribution in [2.75, 3.05) is 6.61 Å². The fraction of sp³-hybridized carbons (Fsp3) is 0.533. The number of amides is 1. The number of aryl methyl sites for hydroxylation is 1. The molecule has 1 heterocycles. The van der Waals surface area contributed by atoms with Crippen LogP contribution in [0.2, 0.25) is 0 Å². The number of aliphatic hydroxyl groups excluding tert-OH is 3. The van der Waals surface area contributed by atoms with Crippen molar-refractivity contribution in [3.05, 3.63) is 29.8 Å². The summed E-state index contributed by atoms with van der Waals surface area (Å²) in [7, 11) is 0. The number of carbonyl (C=O) groups excluding carboxylic acids is 1. The first-order valence-corrected chi connectivity index (χ1v) is 7.06. The number of ether oxygens (including phenoxy) is 2. The highest BCUT2D eigenvalue weighted by molar-refractivity contribution is 5.73. The van der Waals surface area contributed by atoms with Crippen molar-refractivity contribution >= 4 is 5.91 Å². The molecule has 1 fully saturated rings. The van der Waals surface area contributed by atoms with Gasteiger partial charge in [-0.1, -0.05) is 18.2 Å². The zero-order chi connectivity index (χ0) is 16.3. The number of hydrogen-bond donors (Lipinski definition) is 4. The SMILES string of the molecule is CC(=O)N[C@H]1[C@@H](Oc2ccccc2C)O[C@H](CO)[C@H](O)[C@@H]1O.